The van der Waals surface area contributed by atoms with E-state index >= 15 is 0 Å². The van der Waals surface area contributed by atoms with E-state index in [1.807, 2.05) is 35.1 Å². The number of nitrogens with one attached hydrogen (secondary N) is 2. The summed E-state index contributed by atoms with van der Waals surface area (Å²) < 4.78 is 9.74. The highest BCUT2D eigenvalue weighted by Crippen LogP contribution is 2.33. The van der Waals surface area contributed by atoms with E-state index < -0.39 is 0 Å². The van der Waals surface area contributed by atoms with Gasteiger partial charge in [0.1, 0.15) is 5.75 Å². The Bertz CT molecular complexity index is 1270. The standard InChI is InChI=1S/C22H23N7O2/c30-22(26-21-12-24-20-2-1-7-25-29(20)21)17-10-14-13-28(15-5-8-23-9-6-15)27-18(14)11-19(17)31-16-3-4-16/h1-2,7,10-13,15-16,23H,3-6,8-9H2,(H,26,30). The fourth-order valence-electron chi connectivity index (χ4n) is 4.07. The first kappa shape index (κ1) is 18.3. The van der Waals surface area contributed by atoms with E-state index in [1.54, 1.807) is 16.9 Å². The number of rotatable bonds is 5. The van der Waals surface area contributed by atoms with Gasteiger partial charge in [0.15, 0.2) is 11.5 Å². The summed E-state index contributed by atoms with van der Waals surface area (Å²) in [4.78, 5) is 17.5. The van der Waals surface area contributed by atoms with Crippen molar-refractivity contribution in [2.24, 2.45) is 0 Å². The summed E-state index contributed by atoms with van der Waals surface area (Å²) in [5.41, 5.74) is 2.02. The van der Waals surface area contributed by atoms with Crippen LogP contribution in [0, 0.1) is 0 Å². The monoisotopic (exact) mass is 417 g/mol. The SMILES string of the molecule is O=C(Nc1cnc2cccnn12)c1cc2cn(C3CCNCC3)nc2cc1OC1CC1. The largest absolute Gasteiger partial charge is 0.490 e. The van der Waals surface area contributed by atoms with Crippen molar-refractivity contribution in [1.82, 2.24) is 29.7 Å². The molecule has 0 bridgehead atoms. The number of carbonyl (C=O) groups is 1. The van der Waals surface area contributed by atoms with Crippen LogP contribution >= 0.6 is 0 Å². The van der Waals surface area contributed by atoms with Gasteiger partial charge in [0.25, 0.3) is 5.91 Å². The third-order valence-corrected chi connectivity index (χ3v) is 5.89. The highest BCUT2D eigenvalue weighted by molar-refractivity contribution is 6.08. The van der Waals surface area contributed by atoms with E-state index in [0.717, 1.165) is 49.7 Å². The minimum atomic E-state index is -0.250. The Balaban J connectivity index is 1.36. The lowest BCUT2D eigenvalue weighted by Gasteiger charge is -2.22. The summed E-state index contributed by atoms with van der Waals surface area (Å²) in [5.74, 6) is 0.841. The average molecular weight is 417 g/mol. The first-order valence-corrected chi connectivity index (χ1v) is 10.7. The van der Waals surface area contributed by atoms with Crippen molar-refractivity contribution in [1.29, 1.82) is 0 Å². The average Bonchev–Trinajstić information content (AvgIpc) is 3.37. The van der Waals surface area contributed by atoms with Crippen LogP contribution in [0.5, 0.6) is 5.75 Å². The van der Waals surface area contributed by atoms with Crippen LogP contribution in [0.25, 0.3) is 16.6 Å². The maximum atomic E-state index is 13.2. The van der Waals surface area contributed by atoms with Crippen LogP contribution in [0.2, 0.25) is 0 Å². The molecule has 1 amide bonds. The number of anilines is 1. The van der Waals surface area contributed by atoms with E-state index in [9.17, 15) is 4.79 Å². The number of nitrogens with zero attached hydrogens (tertiary/aromatic N) is 5. The van der Waals surface area contributed by atoms with E-state index in [4.69, 9.17) is 9.84 Å². The van der Waals surface area contributed by atoms with Crippen LogP contribution in [0.3, 0.4) is 0 Å². The molecular formula is C22H23N7O2. The highest BCUT2D eigenvalue weighted by atomic mass is 16.5. The maximum absolute atomic E-state index is 13.2. The lowest BCUT2D eigenvalue weighted by Crippen LogP contribution is -2.29. The fourth-order valence-corrected chi connectivity index (χ4v) is 4.07. The Hall–Kier alpha value is -3.46. The molecule has 2 fully saturated rings. The number of ether oxygens (including phenoxy) is 1. The van der Waals surface area contributed by atoms with Crippen molar-refractivity contribution in [3.8, 4) is 5.75 Å². The van der Waals surface area contributed by atoms with Gasteiger partial charge >= 0.3 is 0 Å². The molecular weight excluding hydrogens is 394 g/mol. The molecule has 4 aromatic rings. The minimum Gasteiger partial charge on any atom is -0.490 e. The molecule has 1 aromatic carbocycles. The van der Waals surface area contributed by atoms with Gasteiger partial charge in [-0.05, 0) is 57.0 Å². The van der Waals surface area contributed by atoms with Crippen LogP contribution in [-0.2, 0) is 0 Å². The summed E-state index contributed by atoms with van der Waals surface area (Å²) in [5, 5.41) is 16.3. The zero-order chi connectivity index (χ0) is 20.8. The third kappa shape index (κ3) is 3.50. The Kier molecular flexibility index (Phi) is 4.34. The molecule has 31 heavy (non-hydrogen) atoms. The molecule has 158 valence electrons. The second-order valence-electron chi connectivity index (χ2n) is 8.21. The Labute approximate surface area is 178 Å². The first-order chi connectivity index (χ1) is 15.2. The minimum absolute atomic E-state index is 0.174. The first-order valence-electron chi connectivity index (χ1n) is 10.7. The van der Waals surface area contributed by atoms with Gasteiger partial charge < -0.3 is 15.4 Å². The molecule has 2 aliphatic rings. The van der Waals surface area contributed by atoms with E-state index in [-0.39, 0.29) is 12.0 Å². The summed E-state index contributed by atoms with van der Waals surface area (Å²) in [6, 6.07) is 7.80. The molecule has 1 aliphatic carbocycles. The smallest absolute Gasteiger partial charge is 0.260 e. The molecule has 3 aromatic heterocycles. The fraction of sp³-hybridized carbons (Fsp3) is 0.364. The molecule has 6 rings (SSSR count). The molecule has 4 heterocycles. The molecule has 1 saturated carbocycles. The topological polar surface area (TPSA) is 98.4 Å². The highest BCUT2D eigenvalue weighted by Gasteiger charge is 2.27. The van der Waals surface area contributed by atoms with Crippen molar-refractivity contribution < 1.29 is 9.53 Å². The molecule has 9 heteroatoms. The number of aromatic nitrogens is 5. The number of benzene rings is 1. The quantitative estimate of drug-likeness (QED) is 0.518. The van der Waals surface area contributed by atoms with E-state index in [2.05, 4.69) is 20.7 Å². The van der Waals surface area contributed by atoms with Gasteiger partial charge in [-0.25, -0.2) is 4.98 Å². The van der Waals surface area contributed by atoms with Gasteiger partial charge in [0.2, 0.25) is 0 Å². The number of imidazole rings is 1. The van der Waals surface area contributed by atoms with Crippen molar-refractivity contribution in [2.45, 2.75) is 37.8 Å². The summed E-state index contributed by atoms with van der Waals surface area (Å²) in [6.45, 7) is 2.00. The molecule has 9 nitrogen and oxygen atoms in total. The molecule has 0 atom stereocenters. The molecule has 1 aliphatic heterocycles. The van der Waals surface area contributed by atoms with Gasteiger partial charge in [-0.2, -0.15) is 14.7 Å². The predicted octanol–water partition coefficient (Wildman–Crippen LogP) is 2.80. The van der Waals surface area contributed by atoms with Crippen molar-refractivity contribution >= 4 is 28.3 Å². The summed E-state index contributed by atoms with van der Waals surface area (Å²) >= 11 is 0. The summed E-state index contributed by atoms with van der Waals surface area (Å²) in [6.07, 6.45) is 9.61. The van der Waals surface area contributed by atoms with Gasteiger partial charge in [-0.3, -0.25) is 9.48 Å². The predicted molar refractivity (Wildman–Crippen MR) is 115 cm³/mol. The number of amides is 1. The second kappa shape index (κ2) is 7.35. The van der Waals surface area contributed by atoms with Crippen LogP contribution in [-0.4, -0.2) is 49.5 Å². The normalized spacial score (nSPS) is 17.3. The molecule has 0 unspecified atom stereocenters. The Morgan fingerprint density at radius 3 is 2.90 bits per heavy atom. The number of fused-ring (bicyclic) bond motifs is 2. The molecule has 0 radical (unpaired) electrons. The van der Waals surface area contributed by atoms with Gasteiger partial charge in [0, 0.05) is 23.8 Å². The van der Waals surface area contributed by atoms with Crippen molar-refractivity contribution in [3.63, 3.8) is 0 Å². The molecule has 2 N–H and O–H groups in total. The lowest BCUT2D eigenvalue weighted by molar-refractivity contribution is 0.102. The Morgan fingerprint density at radius 1 is 1.19 bits per heavy atom. The van der Waals surface area contributed by atoms with Gasteiger partial charge in [-0.15, -0.1) is 0 Å². The van der Waals surface area contributed by atoms with Crippen LogP contribution < -0.4 is 15.4 Å². The zero-order valence-electron chi connectivity index (χ0n) is 17.0. The third-order valence-electron chi connectivity index (χ3n) is 5.89. The maximum Gasteiger partial charge on any atom is 0.260 e. The summed E-state index contributed by atoms with van der Waals surface area (Å²) in [7, 11) is 0. The Morgan fingerprint density at radius 2 is 2.06 bits per heavy atom. The van der Waals surface area contributed by atoms with Crippen LogP contribution in [0.15, 0.2) is 42.9 Å². The number of carbonyl (C=O) groups excluding carboxylic acids is 1. The number of piperidine rings is 1. The molecule has 0 spiro atoms. The lowest BCUT2D eigenvalue weighted by atomic mass is 10.1. The number of hydrogen-bond donors (Lipinski definition) is 2. The van der Waals surface area contributed by atoms with Gasteiger partial charge in [0.05, 0.1) is 29.4 Å². The zero-order valence-corrected chi connectivity index (χ0v) is 17.0. The molecule has 1 saturated heterocycles. The van der Waals surface area contributed by atoms with Crippen molar-refractivity contribution in [2.75, 3.05) is 18.4 Å². The van der Waals surface area contributed by atoms with E-state index in [0.29, 0.717) is 28.8 Å². The number of hydrogen-bond acceptors (Lipinski definition) is 6. The van der Waals surface area contributed by atoms with Crippen LogP contribution in [0.1, 0.15) is 42.1 Å². The van der Waals surface area contributed by atoms with Crippen LogP contribution in [0.4, 0.5) is 5.82 Å². The van der Waals surface area contributed by atoms with Gasteiger partial charge in [-0.1, -0.05) is 0 Å². The second-order valence-corrected chi connectivity index (χ2v) is 8.21. The van der Waals surface area contributed by atoms with E-state index in [1.165, 1.54) is 0 Å². The van der Waals surface area contributed by atoms with Crippen molar-refractivity contribution in [3.05, 3.63) is 48.4 Å².